The standard InChI is InChI=1S/C11H15N3O2/c12-11(13)10-9(4-1-5-14-10)16-7-8-3-2-6-15-8/h1,4-5,8H,2-3,6-7H2,(H3,12,13). The molecule has 1 fully saturated rings. The van der Waals surface area contributed by atoms with Crippen molar-refractivity contribution in [3.63, 3.8) is 0 Å². The lowest BCUT2D eigenvalue weighted by Crippen LogP contribution is -2.20. The van der Waals surface area contributed by atoms with Crippen molar-refractivity contribution in [2.45, 2.75) is 18.9 Å². The number of nitrogens with zero attached hydrogens (tertiary/aromatic N) is 1. The molecule has 0 spiro atoms. The summed E-state index contributed by atoms with van der Waals surface area (Å²) in [5.74, 6) is 0.466. The highest BCUT2D eigenvalue weighted by Crippen LogP contribution is 2.18. The van der Waals surface area contributed by atoms with E-state index in [-0.39, 0.29) is 11.9 Å². The number of rotatable bonds is 4. The Balaban J connectivity index is 2.00. The molecule has 0 saturated carbocycles. The predicted molar refractivity (Wildman–Crippen MR) is 59.7 cm³/mol. The molecule has 1 aromatic heterocycles. The van der Waals surface area contributed by atoms with Gasteiger partial charge >= 0.3 is 0 Å². The van der Waals surface area contributed by atoms with Gasteiger partial charge in [-0.15, -0.1) is 0 Å². The van der Waals surface area contributed by atoms with Crippen LogP contribution in [0, 0.1) is 5.41 Å². The van der Waals surface area contributed by atoms with Crippen LogP contribution in [0.3, 0.4) is 0 Å². The van der Waals surface area contributed by atoms with Crippen LogP contribution in [-0.4, -0.2) is 30.1 Å². The minimum Gasteiger partial charge on any atom is -0.488 e. The van der Waals surface area contributed by atoms with Crippen LogP contribution in [0.1, 0.15) is 18.5 Å². The molecule has 5 nitrogen and oxygen atoms in total. The zero-order chi connectivity index (χ0) is 11.4. The van der Waals surface area contributed by atoms with Crippen molar-refractivity contribution in [1.82, 2.24) is 4.98 Å². The highest BCUT2D eigenvalue weighted by Gasteiger charge is 2.17. The Morgan fingerprint density at radius 3 is 3.25 bits per heavy atom. The van der Waals surface area contributed by atoms with Gasteiger partial charge in [-0.25, -0.2) is 4.98 Å². The van der Waals surface area contributed by atoms with E-state index in [4.69, 9.17) is 20.6 Å². The van der Waals surface area contributed by atoms with Gasteiger partial charge in [-0.3, -0.25) is 5.41 Å². The van der Waals surface area contributed by atoms with Crippen LogP contribution < -0.4 is 10.5 Å². The van der Waals surface area contributed by atoms with E-state index < -0.39 is 0 Å². The lowest BCUT2D eigenvalue weighted by Gasteiger charge is -2.13. The van der Waals surface area contributed by atoms with E-state index in [1.54, 1.807) is 18.3 Å². The second-order valence-electron chi connectivity index (χ2n) is 3.71. The third-order valence-electron chi connectivity index (χ3n) is 2.47. The normalized spacial score (nSPS) is 19.6. The first-order valence-electron chi connectivity index (χ1n) is 5.31. The second-order valence-corrected chi connectivity index (χ2v) is 3.71. The van der Waals surface area contributed by atoms with Crippen molar-refractivity contribution in [3.05, 3.63) is 24.0 Å². The van der Waals surface area contributed by atoms with Gasteiger partial charge in [-0.05, 0) is 25.0 Å². The Labute approximate surface area is 94.1 Å². The molecule has 1 aromatic rings. The van der Waals surface area contributed by atoms with Crippen LogP contribution >= 0.6 is 0 Å². The van der Waals surface area contributed by atoms with Crippen LogP contribution in [0.15, 0.2) is 18.3 Å². The first-order valence-corrected chi connectivity index (χ1v) is 5.31. The van der Waals surface area contributed by atoms with Crippen LogP contribution in [0.2, 0.25) is 0 Å². The highest BCUT2D eigenvalue weighted by molar-refractivity contribution is 5.95. The van der Waals surface area contributed by atoms with E-state index in [9.17, 15) is 0 Å². The molecule has 0 aromatic carbocycles. The van der Waals surface area contributed by atoms with Gasteiger partial charge in [0.05, 0.1) is 6.10 Å². The summed E-state index contributed by atoms with van der Waals surface area (Å²) in [6, 6.07) is 3.52. The molecule has 1 aliphatic rings. The van der Waals surface area contributed by atoms with Gasteiger partial charge in [0.25, 0.3) is 0 Å². The first kappa shape index (κ1) is 10.9. The lowest BCUT2D eigenvalue weighted by molar-refractivity contribution is 0.0677. The number of pyridine rings is 1. The second kappa shape index (κ2) is 4.94. The number of aromatic nitrogens is 1. The summed E-state index contributed by atoms with van der Waals surface area (Å²) >= 11 is 0. The highest BCUT2D eigenvalue weighted by atomic mass is 16.5. The minimum absolute atomic E-state index is 0.0806. The maximum atomic E-state index is 7.37. The minimum atomic E-state index is -0.0806. The Morgan fingerprint density at radius 1 is 1.69 bits per heavy atom. The topological polar surface area (TPSA) is 81.2 Å². The average molecular weight is 221 g/mol. The summed E-state index contributed by atoms with van der Waals surface area (Å²) in [7, 11) is 0. The van der Waals surface area contributed by atoms with Gasteiger partial charge in [0.2, 0.25) is 0 Å². The predicted octanol–water partition coefficient (Wildman–Crippen LogP) is 0.923. The van der Waals surface area contributed by atoms with Crippen LogP contribution in [0.25, 0.3) is 0 Å². The number of nitrogens with one attached hydrogen (secondary N) is 1. The molecule has 1 saturated heterocycles. The van der Waals surface area contributed by atoms with E-state index in [2.05, 4.69) is 4.98 Å². The summed E-state index contributed by atoms with van der Waals surface area (Å²) < 4.78 is 11.0. The molecule has 1 unspecified atom stereocenters. The molecule has 16 heavy (non-hydrogen) atoms. The quantitative estimate of drug-likeness (QED) is 0.585. The molecule has 2 rings (SSSR count). The number of nitrogen functional groups attached to an aromatic ring is 1. The molecule has 1 atom stereocenters. The summed E-state index contributed by atoms with van der Waals surface area (Å²) in [5, 5.41) is 7.37. The summed E-state index contributed by atoms with van der Waals surface area (Å²) in [4.78, 5) is 4.01. The molecule has 0 bridgehead atoms. The molecule has 2 heterocycles. The fourth-order valence-electron chi connectivity index (χ4n) is 1.67. The van der Waals surface area contributed by atoms with Crippen molar-refractivity contribution < 1.29 is 9.47 Å². The summed E-state index contributed by atoms with van der Waals surface area (Å²) in [5.41, 5.74) is 5.80. The SMILES string of the molecule is N=C(N)c1ncccc1OCC1CCCO1. The Kier molecular flexibility index (Phi) is 3.36. The molecule has 3 N–H and O–H groups in total. The zero-order valence-corrected chi connectivity index (χ0v) is 8.98. The van der Waals surface area contributed by atoms with E-state index >= 15 is 0 Å². The Hall–Kier alpha value is -1.62. The number of nitrogens with two attached hydrogens (primary N) is 1. The monoisotopic (exact) mass is 221 g/mol. The molecule has 1 aliphatic heterocycles. The molecule has 0 aliphatic carbocycles. The third kappa shape index (κ3) is 2.49. The molecule has 5 heteroatoms. The Morgan fingerprint density at radius 2 is 2.56 bits per heavy atom. The third-order valence-corrected chi connectivity index (χ3v) is 2.47. The molecular weight excluding hydrogens is 206 g/mol. The number of hydrogen-bond acceptors (Lipinski definition) is 4. The van der Waals surface area contributed by atoms with Crippen molar-refractivity contribution in [3.8, 4) is 5.75 Å². The van der Waals surface area contributed by atoms with Crippen molar-refractivity contribution >= 4 is 5.84 Å². The van der Waals surface area contributed by atoms with E-state index in [0.717, 1.165) is 19.4 Å². The van der Waals surface area contributed by atoms with Gasteiger partial charge in [0.15, 0.2) is 0 Å². The maximum absolute atomic E-state index is 7.37. The van der Waals surface area contributed by atoms with Crippen molar-refractivity contribution in [2.24, 2.45) is 5.73 Å². The number of ether oxygens (including phenoxy) is 2. The number of amidine groups is 1. The van der Waals surface area contributed by atoms with E-state index in [1.165, 1.54) is 0 Å². The van der Waals surface area contributed by atoms with Crippen LogP contribution in [-0.2, 0) is 4.74 Å². The molecule has 0 amide bonds. The smallest absolute Gasteiger partial charge is 0.148 e. The van der Waals surface area contributed by atoms with Gasteiger partial charge < -0.3 is 15.2 Å². The van der Waals surface area contributed by atoms with Gasteiger partial charge in [0, 0.05) is 12.8 Å². The lowest BCUT2D eigenvalue weighted by atomic mass is 10.2. The van der Waals surface area contributed by atoms with Crippen LogP contribution in [0.5, 0.6) is 5.75 Å². The fourth-order valence-corrected chi connectivity index (χ4v) is 1.67. The molecule has 0 radical (unpaired) electrons. The van der Waals surface area contributed by atoms with E-state index in [1.807, 2.05) is 0 Å². The van der Waals surface area contributed by atoms with Gasteiger partial charge in [-0.1, -0.05) is 0 Å². The number of hydrogen-bond donors (Lipinski definition) is 2. The Bertz CT molecular complexity index is 375. The fraction of sp³-hybridized carbons (Fsp3) is 0.455. The van der Waals surface area contributed by atoms with Gasteiger partial charge in [0.1, 0.15) is 23.9 Å². The molecule has 86 valence electrons. The zero-order valence-electron chi connectivity index (χ0n) is 8.98. The van der Waals surface area contributed by atoms with Crippen molar-refractivity contribution in [2.75, 3.05) is 13.2 Å². The maximum Gasteiger partial charge on any atom is 0.148 e. The largest absolute Gasteiger partial charge is 0.488 e. The van der Waals surface area contributed by atoms with E-state index in [0.29, 0.717) is 18.1 Å². The summed E-state index contributed by atoms with van der Waals surface area (Å²) in [6.07, 6.45) is 3.85. The molecular formula is C11H15N3O2. The average Bonchev–Trinajstić information content (AvgIpc) is 2.79. The first-order chi connectivity index (χ1) is 7.77. The van der Waals surface area contributed by atoms with Crippen molar-refractivity contribution in [1.29, 1.82) is 5.41 Å². The van der Waals surface area contributed by atoms with Gasteiger partial charge in [-0.2, -0.15) is 0 Å². The van der Waals surface area contributed by atoms with Crippen LogP contribution in [0.4, 0.5) is 0 Å². The summed E-state index contributed by atoms with van der Waals surface area (Å²) in [6.45, 7) is 1.30.